The lowest BCUT2D eigenvalue weighted by Gasteiger charge is -2.29. The maximum absolute atomic E-state index is 13.4. The molecule has 1 heterocycles. The minimum absolute atomic E-state index is 0.0101. The molecule has 1 fully saturated rings. The highest BCUT2D eigenvalue weighted by Crippen LogP contribution is 2.30. The van der Waals surface area contributed by atoms with Crippen LogP contribution in [0.15, 0.2) is 47.3 Å². The summed E-state index contributed by atoms with van der Waals surface area (Å²) in [6, 6.07) is 13.6. The SMILES string of the molecule is CN(C)c1ccc(C=Cc2nc3cc(Cl)ccc3c(=O)n2CC2CCCC(CN)C2)cc1. The summed E-state index contributed by atoms with van der Waals surface area (Å²) >= 11 is 6.18. The fraction of sp³-hybridized carbons (Fsp3) is 0.385. The first kappa shape index (κ1) is 22.6. The molecule has 1 aliphatic rings. The van der Waals surface area contributed by atoms with Crippen molar-refractivity contribution in [2.45, 2.75) is 32.2 Å². The van der Waals surface area contributed by atoms with E-state index in [1.165, 1.54) is 12.8 Å². The van der Waals surface area contributed by atoms with Crippen molar-refractivity contribution in [2.24, 2.45) is 17.6 Å². The van der Waals surface area contributed by atoms with Crippen LogP contribution < -0.4 is 16.2 Å². The van der Waals surface area contributed by atoms with E-state index in [1.807, 2.05) is 30.8 Å². The van der Waals surface area contributed by atoms with Gasteiger partial charge in [0.05, 0.1) is 10.9 Å². The molecule has 2 atom stereocenters. The third-order valence-corrected chi connectivity index (χ3v) is 6.68. The summed E-state index contributed by atoms with van der Waals surface area (Å²) in [5, 5.41) is 1.18. The van der Waals surface area contributed by atoms with Gasteiger partial charge in [-0.05, 0) is 79.6 Å². The highest BCUT2D eigenvalue weighted by atomic mass is 35.5. The molecule has 2 unspecified atom stereocenters. The number of nitrogens with zero attached hydrogens (tertiary/aromatic N) is 3. The second-order valence-corrected chi connectivity index (χ2v) is 9.44. The smallest absolute Gasteiger partial charge is 0.261 e. The van der Waals surface area contributed by atoms with Crippen LogP contribution >= 0.6 is 11.6 Å². The average Bonchev–Trinajstić information content (AvgIpc) is 2.80. The third-order valence-electron chi connectivity index (χ3n) is 6.45. The van der Waals surface area contributed by atoms with Crippen LogP contribution in [0.1, 0.15) is 37.1 Å². The summed E-state index contributed by atoms with van der Waals surface area (Å²) < 4.78 is 1.84. The Morgan fingerprint density at radius 2 is 1.88 bits per heavy atom. The molecule has 2 N–H and O–H groups in total. The molecule has 1 aromatic heterocycles. The molecule has 6 heteroatoms. The summed E-state index contributed by atoms with van der Waals surface area (Å²) in [6.07, 6.45) is 8.49. The molecule has 168 valence electrons. The second-order valence-electron chi connectivity index (χ2n) is 9.00. The van der Waals surface area contributed by atoms with Gasteiger partial charge < -0.3 is 10.6 Å². The van der Waals surface area contributed by atoms with Gasteiger partial charge >= 0.3 is 0 Å². The summed E-state index contributed by atoms with van der Waals surface area (Å²) in [4.78, 5) is 20.3. The van der Waals surface area contributed by atoms with Crippen molar-refractivity contribution < 1.29 is 0 Å². The van der Waals surface area contributed by atoms with Crippen LogP contribution in [0.5, 0.6) is 0 Å². The Labute approximate surface area is 194 Å². The molecule has 3 aromatic rings. The van der Waals surface area contributed by atoms with Gasteiger partial charge in [0.1, 0.15) is 5.82 Å². The van der Waals surface area contributed by atoms with Gasteiger partial charge in [-0.2, -0.15) is 0 Å². The van der Waals surface area contributed by atoms with Crippen molar-refractivity contribution in [3.8, 4) is 0 Å². The molecule has 2 aromatic carbocycles. The first-order valence-corrected chi connectivity index (χ1v) is 11.7. The first-order valence-electron chi connectivity index (χ1n) is 11.3. The molecular formula is C26H31ClN4O. The van der Waals surface area contributed by atoms with Crippen LogP contribution in [0, 0.1) is 11.8 Å². The summed E-state index contributed by atoms with van der Waals surface area (Å²) in [6.45, 7) is 1.38. The lowest BCUT2D eigenvalue weighted by molar-refractivity contribution is 0.245. The van der Waals surface area contributed by atoms with Crippen LogP contribution in [0.3, 0.4) is 0 Å². The number of nitrogens with two attached hydrogens (primary N) is 1. The molecular weight excluding hydrogens is 420 g/mol. The highest BCUT2D eigenvalue weighted by Gasteiger charge is 2.23. The maximum atomic E-state index is 13.4. The van der Waals surface area contributed by atoms with Crippen LogP contribution in [0.25, 0.3) is 23.1 Å². The zero-order chi connectivity index (χ0) is 22.7. The number of fused-ring (bicyclic) bond motifs is 1. The maximum Gasteiger partial charge on any atom is 0.261 e. The van der Waals surface area contributed by atoms with Crippen molar-refractivity contribution in [2.75, 3.05) is 25.5 Å². The molecule has 0 radical (unpaired) electrons. The van der Waals surface area contributed by atoms with Gasteiger partial charge in [0.15, 0.2) is 0 Å². The van der Waals surface area contributed by atoms with Gasteiger partial charge in [-0.15, -0.1) is 0 Å². The van der Waals surface area contributed by atoms with Crippen LogP contribution in [0.4, 0.5) is 5.69 Å². The van der Waals surface area contributed by atoms with Crippen molar-refractivity contribution in [1.82, 2.24) is 9.55 Å². The van der Waals surface area contributed by atoms with E-state index in [0.29, 0.717) is 40.1 Å². The van der Waals surface area contributed by atoms with Crippen molar-refractivity contribution in [3.05, 3.63) is 69.2 Å². The van der Waals surface area contributed by atoms with Gasteiger partial charge in [0.2, 0.25) is 0 Å². The fourth-order valence-electron chi connectivity index (χ4n) is 4.61. The molecule has 32 heavy (non-hydrogen) atoms. The molecule has 0 bridgehead atoms. The zero-order valence-electron chi connectivity index (χ0n) is 18.8. The van der Waals surface area contributed by atoms with E-state index >= 15 is 0 Å². The number of rotatable bonds is 6. The Morgan fingerprint density at radius 3 is 2.59 bits per heavy atom. The van der Waals surface area contributed by atoms with E-state index in [4.69, 9.17) is 22.3 Å². The number of hydrogen-bond donors (Lipinski definition) is 1. The standard InChI is InChI=1S/C26H31ClN4O/c1-30(2)22-10-6-18(7-11-22)8-13-25-29-24-15-21(27)9-12-23(24)26(32)31(25)17-20-5-3-4-19(14-20)16-28/h6-13,15,19-20H,3-5,14,16-17,28H2,1-2H3. The number of aromatic nitrogens is 2. The van der Waals surface area contributed by atoms with Crippen molar-refractivity contribution >= 4 is 40.3 Å². The summed E-state index contributed by atoms with van der Waals surface area (Å²) in [5.74, 6) is 1.65. The predicted octanol–water partition coefficient (Wildman–Crippen LogP) is 5.05. The topological polar surface area (TPSA) is 64.2 Å². The number of halogens is 1. The van der Waals surface area contributed by atoms with E-state index in [1.54, 1.807) is 18.2 Å². The minimum atomic E-state index is -0.0101. The van der Waals surface area contributed by atoms with Crippen molar-refractivity contribution in [3.63, 3.8) is 0 Å². The first-order chi connectivity index (χ1) is 15.4. The minimum Gasteiger partial charge on any atom is -0.378 e. The zero-order valence-corrected chi connectivity index (χ0v) is 19.6. The average molecular weight is 451 g/mol. The monoisotopic (exact) mass is 450 g/mol. The second kappa shape index (κ2) is 9.88. The molecule has 0 amide bonds. The fourth-order valence-corrected chi connectivity index (χ4v) is 4.78. The Kier molecular flexibility index (Phi) is 6.97. The number of hydrogen-bond acceptors (Lipinski definition) is 4. The number of anilines is 1. The Bertz CT molecular complexity index is 1170. The summed E-state index contributed by atoms with van der Waals surface area (Å²) in [7, 11) is 4.04. The third kappa shape index (κ3) is 5.05. The molecule has 1 saturated carbocycles. The Morgan fingerprint density at radius 1 is 1.12 bits per heavy atom. The van der Waals surface area contributed by atoms with E-state index in [-0.39, 0.29) is 5.56 Å². The van der Waals surface area contributed by atoms with Gasteiger partial charge in [-0.25, -0.2) is 4.98 Å². The Hall–Kier alpha value is -2.63. The molecule has 0 saturated heterocycles. The normalized spacial score (nSPS) is 19.0. The lowest BCUT2D eigenvalue weighted by atomic mass is 9.81. The largest absolute Gasteiger partial charge is 0.378 e. The Balaban J connectivity index is 1.71. The van der Waals surface area contributed by atoms with E-state index < -0.39 is 0 Å². The predicted molar refractivity (Wildman–Crippen MR) is 135 cm³/mol. The van der Waals surface area contributed by atoms with E-state index in [2.05, 4.69) is 29.2 Å². The van der Waals surface area contributed by atoms with Crippen LogP contribution in [0.2, 0.25) is 5.02 Å². The van der Waals surface area contributed by atoms with Crippen LogP contribution in [-0.4, -0.2) is 30.2 Å². The van der Waals surface area contributed by atoms with Gasteiger partial charge in [-0.1, -0.05) is 36.2 Å². The highest BCUT2D eigenvalue weighted by molar-refractivity contribution is 6.31. The van der Waals surface area contributed by atoms with Gasteiger partial charge in [0.25, 0.3) is 5.56 Å². The van der Waals surface area contributed by atoms with Crippen LogP contribution in [-0.2, 0) is 6.54 Å². The summed E-state index contributed by atoms with van der Waals surface area (Å²) in [5.41, 5.74) is 8.76. The molecule has 4 rings (SSSR count). The lowest BCUT2D eigenvalue weighted by Crippen LogP contribution is -2.31. The quantitative estimate of drug-likeness (QED) is 0.570. The van der Waals surface area contributed by atoms with Gasteiger partial charge in [0, 0.05) is 31.4 Å². The van der Waals surface area contributed by atoms with Crippen molar-refractivity contribution in [1.29, 1.82) is 0 Å². The molecule has 0 spiro atoms. The van der Waals surface area contributed by atoms with E-state index in [9.17, 15) is 4.79 Å². The molecule has 0 aliphatic heterocycles. The van der Waals surface area contributed by atoms with E-state index in [0.717, 1.165) is 30.6 Å². The molecule has 5 nitrogen and oxygen atoms in total. The number of benzene rings is 2. The van der Waals surface area contributed by atoms with Gasteiger partial charge in [-0.3, -0.25) is 9.36 Å². The molecule has 1 aliphatic carbocycles.